The molecule has 0 aliphatic heterocycles. The predicted octanol–water partition coefficient (Wildman–Crippen LogP) is 3.01. The molecule has 0 aromatic rings. The molecule has 1 saturated carbocycles. The molecule has 3 atom stereocenters. The number of carboxylic acid groups (broad SMARTS) is 1. The highest BCUT2D eigenvalue weighted by Gasteiger charge is 2.45. The fourth-order valence-corrected chi connectivity index (χ4v) is 2.93. The largest absolute Gasteiger partial charge is 0.481 e. The number of hydrogen-bond donors (Lipinski definition) is 2. The monoisotopic (exact) mass is 303 g/mol. The Morgan fingerprint density at radius 3 is 2.59 bits per heavy atom. The van der Waals surface area contributed by atoms with Gasteiger partial charge in [0.25, 0.3) is 0 Å². The molecule has 1 aliphatic carbocycles. The number of rotatable bonds is 4. The second-order valence-corrected chi connectivity index (χ2v) is 6.70. The van der Waals surface area contributed by atoms with Crippen LogP contribution in [0.5, 0.6) is 0 Å². The van der Waals surface area contributed by atoms with Crippen LogP contribution in [-0.4, -0.2) is 23.7 Å². The number of hydrogen-bond acceptors (Lipinski definition) is 2. The molecule has 1 rings (SSSR count). The molecule has 17 heavy (non-hydrogen) atoms. The van der Waals surface area contributed by atoms with Crippen molar-refractivity contribution in [2.75, 3.05) is 6.54 Å². The van der Waals surface area contributed by atoms with Crippen LogP contribution in [0, 0.1) is 17.3 Å². The van der Waals surface area contributed by atoms with E-state index in [2.05, 4.69) is 48.6 Å². The molecule has 0 aromatic heterocycles. The Bertz CT molecular complexity index is 315. The molecule has 0 heterocycles. The molecule has 4 heteroatoms. The zero-order valence-corrected chi connectivity index (χ0v) is 12.4. The molecule has 0 amide bonds. The second kappa shape index (κ2) is 5.53. The summed E-state index contributed by atoms with van der Waals surface area (Å²) >= 11 is 3.33. The van der Waals surface area contributed by atoms with Crippen molar-refractivity contribution in [3.05, 3.63) is 11.1 Å². The lowest BCUT2D eigenvalue weighted by Crippen LogP contribution is -2.51. The van der Waals surface area contributed by atoms with Crippen LogP contribution >= 0.6 is 15.9 Å². The molecule has 1 aliphatic rings. The lowest BCUT2D eigenvalue weighted by molar-refractivity contribution is -0.150. The van der Waals surface area contributed by atoms with E-state index >= 15 is 0 Å². The van der Waals surface area contributed by atoms with Gasteiger partial charge in [-0.15, -0.1) is 0 Å². The van der Waals surface area contributed by atoms with Crippen LogP contribution in [0.1, 0.15) is 33.6 Å². The Hall–Kier alpha value is -0.350. The van der Waals surface area contributed by atoms with Crippen molar-refractivity contribution in [3.8, 4) is 0 Å². The quantitative estimate of drug-likeness (QED) is 0.839. The Morgan fingerprint density at radius 1 is 1.53 bits per heavy atom. The van der Waals surface area contributed by atoms with E-state index in [0.29, 0.717) is 12.0 Å². The van der Waals surface area contributed by atoms with Crippen molar-refractivity contribution in [1.29, 1.82) is 0 Å². The van der Waals surface area contributed by atoms with Crippen LogP contribution in [-0.2, 0) is 4.79 Å². The third kappa shape index (κ3) is 3.32. The Morgan fingerprint density at radius 2 is 2.12 bits per heavy atom. The number of halogens is 1. The summed E-state index contributed by atoms with van der Waals surface area (Å²) in [6.07, 6.45) is 1.67. The van der Waals surface area contributed by atoms with Crippen LogP contribution in [0.15, 0.2) is 11.1 Å². The van der Waals surface area contributed by atoms with Gasteiger partial charge < -0.3 is 10.4 Å². The van der Waals surface area contributed by atoms with Gasteiger partial charge in [-0.05, 0) is 24.2 Å². The van der Waals surface area contributed by atoms with E-state index in [1.807, 2.05) is 0 Å². The van der Waals surface area contributed by atoms with E-state index in [1.54, 1.807) is 0 Å². The summed E-state index contributed by atoms with van der Waals surface area (Å²) in [6.45, 7) is 10.8. The van der Waals surface area contributed by atoms with Crippen LogP contribution in [0.3, 0.4) is 0 Å². The van der Waals surface area contributed by atoms with E-state index in [9.17, 15) is 9.90 Å². The third-order valence-electron chi connectivity index (χ3n) is 4.30. The van der Waals surface area contributed by atoms with Crippen molar-refractivity contribution in [2.45, 2.75) is 39.7 Å². The average Bonchev–Trinajstić information content (AvgIpc) is 2.19. The van der Waals surface area contributed by atoms with E-state index in [1.165, 1.54) is 0 Å². The summed E-state index contributed by atoms with van der Waals surface area (Å²) in [6, 6.07) is 0.370. The lowest BCUT2D eigenvalue weighted by atomic mass is 9.61. The molecule has 0 aromatic carbocycles. The smallest absolute Gasteiger partial charge is 0.307 e. The van der Waals surface area contributed by atoms with Gasteiger partial charge in [-0.2, -0.15) is 0 Å². The average molecular weight is 304 g/mol. The van der Waals surface area contributed by atoms with Crippen LogP contribution in [0.4, 0.5) is 0 Å². The highest BCUT2D eigenvalue weighted by molar-refractivity contribution is 9.11. The SMILES string of the molecule is C=C(Br)CNC1CCC(C(=O)O)C(C)(C)C1C. The highest BCUT2D eigenvalue weighted by Crippen LogP contribution is 2.45. The van der Waals surface area contributed by atoms with Gasteiger partial charge in [0, 0.05) is 17.1 Å². The first-order chi connectivity index (χ1) is 7.76. The summed E-state index contributed by atoms with van der Waals surface area (Å²) in [7, 11) is 0. The molecule has 98 valence electrons. The van der Waals surface area contributed by atoms with Gasteiger partial charge in [0.05, 0.1) is 5.92 Å². The maximum atomic E-state index is 11.2. The van der Waals surface area contributed by atoms with Gasteiger partial charge >= 0.3 is 5.97 Å². The summed E-state index contributed by atoms with van der Waals surface area (Å²) < 4.78 is 0.933. The molecule has 0 radical (unpaired) electrons. The minimum Gasteiger partial charge on any atom is -0.481 e. The van der Waals surface area contributed by atoms with Crippen molar-refractivity contribution >= 4 is 21.9 Å². The summed E-state index contributed by atoms with van der Waals surface area (Å²) in [5.74, 6) is -0.558. The van der Waals surface area contributed by atoms with Crippen molar-refractivity contribution < 1.29 is 9.90 Å². The standard InChI is InChI=1S/C13H22BrNO2/c1-8(14)7-15-11-6-5-10(12(16)17)13(3,4)9(11)2/h9-11,15H,1,5-7H2,2-4H3,(H,16,17). The molecule has 2 N–H and O–H groups in total. The first-order valence-electron chi connectivity index (χ1n) is 6.06. The Balaban J connectivity index is 2.71. The Labute approximate surface area is 112 Å². The fraction of sp³-hybridized carbons (Fsp3) is 0.769. The first kappa shape index (κ1) is 14.7. The van der Waals surface area contributed by atoms with E-state index in [0.717, 1.165) is 23.9 Å². The second-order valence-electron chi connectivity index (χ2n) is 5.58. The van der Waals surface area contributed by atoms with Crippen molar-refractivity contribution in [2.24, 2.45) is 17.3 Å². The zero-order valence-electron chi connectivity index (χ0n) is 10.8. The normalized spacial score (nSPS) is 32.1. The maximum absolute atomic E-state index is 11.2. The first-order valence-corrected chi connectivity index (χ1v) is 6.85. The highest BCUT2D eigenvalue weighted by atomic mass is 79.9. The van der Waals surface area contributed by atoms with Gasteiger partial charge in [0.1, 0.15) is 0 Å². The van der Waals surface area contributed by atoms with Gasteiger partial charge in [0.2, 0.25) is 0 Å². The Kier molecular flexibility index (Phi) is 4.78. The summed E-state index contributed by atoms with van der Waals surface area (Å²) in [5, 5.41) is 12.7. The van der Waals surface area contributed by atoms with Crippen LogP contribution in [0.25, 0.3) is 0 Å². The number of nitrogens with one attached hydrogen (secondary N) is 1. The maximum Gasteiger partial charge on any atom is 0.307 e. The molecule has 1 fully saturated rings. The number of carbonyl (C=O) groups is 1. The molecular formula is C13H22BrNO2. The van der Waals surface area contributed by atoms with Crippen LogP contribution in [0.2, 0.25) is 0 Å². The minimum absolute atomic E-state index is 0.171. The number of carboxylic acids is 1. The summed E-state index contributed by atoms with van der Waals surface area (Å²) in [4.78, 5) is 11.2. The zero-order chi connectivity index (χ0) is 13.2. The van der Waals surface area contributed by atoms with Gasteiger partial charge in [0.15, 0.2) is 0 Å². The van der Waals surface area contributed by atoms with E-state index < -0.39 is 5.97 Å². The van der Waals surface area contributed by atoms with Gasteiger partial charge in [-0.3, -0.25) is 4.79 Å². The minimum atomic E-state index is -0.662. The van der Waals surface area contributed by atoms with E-state index in [-0.39, 0.29) is 11.3 Å². The molecule has 3 unspecified atom stereocenters. The van der Waals surface area contributed by atoms with Crippen molar-refractivity contribution in [1.82, 2.24) is 5.32 Å². The van der Waals surface area contributed by atoms with E-state index in [4.69, 9.17) is 0 Å². The molecular weight excluding hydrogens is 282 g/mol. The molecule has 0 saturated heterocycles. The lowest BCUT2D eigenvalue weighted by Gasteiger charge is -2.46. The molecule has 0 spiro atoms. The summed E-state index contributed by atoms with van der Waals surface area (Å²) in [5.41, 5.74) is -0.171. The van der Waals surface area contributed by atoms with Gasteiger partial charge in [-0.1, -0.05) is 43.3 Å². The fourth-order valence-electron chi connectivity index (χ4n) is 2.77. The molecule has 3 nitrogen and oxygen atoms in total. The van der Waals surface area contributed by atoms with Crippen molar-refractivity contribution in [3.63, 3.8) is 0 Å². The third-order valence-corrected chi connectivity index (χ3v) is 4.58. The topological polar surface area (TPSA) is 49.3 Å². The molecule has 0 bridgehead atoms. The van der Waals surface area contributed by atoms with Crippen LogP contribution < -0.4 is 5.32 Å². The number of aliphatic carboxylic acids is 1. The predicted molar refractivity (Wildman–Crippen MR) is 73.2 cm³/mol. The van der Waals surface area contributed by atoms with Gasteiger partial charge in [-0.25, -0.2) is 0 Å².